The van der Waals surface area contributed by atoms with Crippen LogP contribution < -0.4 is 0 Å². The number of rotatable bonds is 3. The van der Waals surface area contributed by atoms with Crippen LogP contribution in [0.2, 0.25) is 0 Å². The fourth-order valence-corrected chi connectivity index (χ4v) is 2.11. The molecular formula is C10H11F3N4S. The molecule has 2 aromatic rings. The standard InChI is InChI=1S/C10H11F3N4S/c1-3-17-5-14-6-7(10(11,12)13)15-9(18-4-2)16-8(6)17/h5H,3-4H2,1-2H3. The number of imidazole rings is 1. The van der Waals surface area contributed by atoms with Crippen LogP contribution in [0.5, 0.6) is 0 Å². The second kappa shape index (κ2) is 4.75. The van der Waals surface area contributed by atoms with Gasteiger partial charge in [-0.3, -0.25) is 0 Å². The van der Waals surface area contributed by atoms with Crippen molar-refractivity contribution in [3.63, 3.8) is 0 Å². The first-order valence-corrected chi connectivity index (χ1v) is 6.38. The predicted octanol–water partition coefficient (Wildman–Crippen LogP) is 2.98. The number of hydrogen-bond donors (Lipinski definition) is 0. The molecule has 0 radical (unpaired) electrons. The van der Waals surface area contributed by atoms with Crippen molar-refractivity contribution in [1.82, 2.24) is 19.5 Å². The van der Waals surface area contributed by atoms with Gasteiger partial charge >= 0.3 is 6.18 Å². The molecular weight excluding hydrogens is 265 g/mol. The molecule has 0 aliphatic carbocycles. The van der Waals surface area contributed by atoms with E-state index in [1.165, 1.54) is 18.1 Å². The van der Waals surface area contributed by atoms with E-state index in [0.717, 1.165) is 0 Å². The molecule has 0 amide bonds. The molecule has 2 heterocycles. The van der Waals surface area contributed by atoms with Crippen molar-refractivity contribution in [2.45, 2.75) is 31.7 Å². The summed E-state index contributed by atoms with van der Waals surface area (Å²) in [6.07, 6.45) is -3.16. The van der Waals surface area contributed by atoms with Gasteiger partial charge in [-0.25, -0.2) is 15.0 Å². The molecule has 0 aliphatic rings. The van der Waals surface area contributed by atoms with Gasteiger partial charge in [0.05, 0.1) is 6.33 Å². The molecule has 0 unspecified atom stereocenters. The van der Waals surface area contributed by atoms with E-state index in [1.807, 2.05) is 13.8 Å². The number of nitrogens with zero attached hydrogens (tertiary/aromatic N) is 4. The van der Waals surface area contributed by atoms with Gasteiger partial charge < -0.3 is 4.57 Å². The SMILES string of the molecule is CCSc1nc(C(F)(F)F)c2ncn(CC)c2n1. The minimum absolute atomic E-state index is 0.132. The third-order valence-corrected chi connectivity index (χ3v) is 3.06. The van der Waals surface area contributed by atoms with Crippen LogP contribution in [0.15, 0.2) is 11.5 Å². The van der Waals surface area contributed by atoms with Crippen LogP contribution in [0.25, 0.3) is 11.2 Å². The zero-order chi connectivity index (χ0) is 13.3. The highest BCUT2D eigenvalue weighted by Crippen LogP contribution is 2.33. The summed E-state index contributed by atoms with van der Waals surface area (Å²) in [6, 6.07) is 0. The molecule has 0 N–H and O–H groups in total. The summed E-state index contributed by atoms with van der Waals surface area (Å²) in [5.41, 5.74) is -0.920. The summed E-state index contributed by atoms with van der Waals surface area (Å²) in [7, 11) is 0. The highest BCUT2D eigenvalue weighted by atomic mass is 32.2. The van der Waals surface area contributed by atoms with Gasteiger partial charge in [0, 0.05) is 6.54 Å². The summed E-state index contributed by atoms with van der Waals surface area (Å²) in [5, 5.41) is 0.132. The zero-order valence-corrected chi connectivity index (χ0v) is 10.6. The Labute approximate surface area is 106 Å². The third-order valence-electron chi connectivity index (χ3n) is 2.33. The third kappa shape index (κ3) is 2.29. The first kappa shape index (κ1) is 13.1. The van der Waals surface area contributed by atoms with E-state index < -0.39 is 11.9 Å². The Morgan fingerprint density at radius 2 is 2.00 bits per heavy atom. The summed E-state index contributed by atoms with van der Waals surface area (Å²) >= 11 is 1.18. The van der Waals surface area contributed by atoms with Gasteiger partial charge in [-0.1, -0.05) is 18.7 Å². The molecule has 18 heavy (non-hydrogen) atoms. The number of fused-ring (bicyclic) bond motifs is 1. The molecule has 0 bridgehead atoms. The lowest BCUT2D eigenvalue weighted by Gasteiger charge is -2.08. The van der Waals surface area contributed by atoms with Crippen LogP contribution in [0, 0.1) is 0 Å². The average Bonchev–Trinajstić information content (AvgIpc) is 2.70. The smallest absolute Gasteiger partial charge is 0.315 e. The largest absolute Gasteiger partial charge is 0.435 e. The van der Waals surface area contributed by atoms with Crippen LogP contribution in [-0.4, -0.2) is 25.3 Å². The fraction of sp³-hybridized carbons (Fsp3) is 0.500. The van der Waals surface area contributed by atoms with Crippen LogP contribution in [-0.2, 0) is 12.7 Å². The zero-order valence-electron chi connectivity index (χ0n) is 9.82. The van der Waals surface area contributed by atoms with E-state index in [-0.39, 0.29) is 16.3 Å². The van der Waals surface area contributed by atoms with Crippen molar-refractivity contribution < 1.29 is 13.2 Å². The van der Waals surface area contributed by atoms with Gasteiger partial charge in [0.15, 0.2) is 16.5 Å². The van der Waals surface area contributed by atoms with Gasteiger partial charge in [-0.15, -0.1) is 0 Å². The number of hydrogen-bond acceptors (Lipinski definition) is 4. The maximum atomic E-state index is 12.9. The normalized spacial score (nSPS) is 12.3. The van der Waals surface area contributed by atoms with E-state index in [9.17, 15) is 13.2 Å². The van der Waals surface area contributed by atoms with Crippen molar-refractivity contribution in [3.8, 4) is 0 Å². The van der Waals surface area contributed by atoms with Crippen LogP contribution in [0.3, 0.4) is 0 Å². The second-order valence-corrected chi connectivity index (χ2v) is 4.72. The van der Waals surface area contributed by atoms with Crippen molar-refractivity contribution in [1.29, 1.82) is 0 Å². The predicted molar refractivity (Wildman–Crippen MR) is 62.4 cm³/mol. The highest BCUT2D eigenvalue weighted by Gasteiger charge is 2.37. The van der Waals surface area contributed by atoms with Crippen molar-refractivity contribution in [2.24, 2.45) is 0 Å². The van der Waals surface area contributed by atoms with E-state index in [4.69, 9.17) is 0 Å². The summed E-state index contributed by atoms with van der Waals surface area (Å²) in [5.74, 6) is 0.614. The summed E-state index contributed by atoms with van der Waals surface area (Å²) < 4.78 is 40.3. The molecule has 2 rings (SSSR count). The van der Waals surface area contributed by atoms with Crippen LogP contribution in [0.4, 0.5) is 13.2 Å². The number of thioether (sulfide) groups is 1. The highest BCUT2D eigenvalue weighted by molar-refractivity contribution is 7.99. The van der Waals surface area contributed by atoms with E-state index in [2.05, 4.69) is 15.0 Å². The number of aromatic nitrogens is 4. The van der Waals surface area contributed by atoms with Crippen molar-refractivity contribution >= 4 is 22.9 Å². The Kier molecular flexibility index (Phi) is 3.47. The first-order chi connectivity index (χ1) is 8.47. The maximum absolute atomic E-state index is 12.9. The quantitative estimate of drug-likeness (QED) is 0.638. The number of aryl methyl sites for hydroxylation is 1. The molecule has 8 heteroatoms. The van der Waals surface area contributed by atoms with Gasteiger partial charge in [0.25, 0.3) is 0 Å². The van der Waals surface area contributed by atoms with Crippen LogP contribution in [0.1, 0.15) is 19.5 Å². The topological polar surface area (TPSA) is 43.6 Å². The lowest BCUT2D eigenvalue weighted by atomic mass is 10.3. The summed E-state index contributed by atoms with van der Waals surface area (Å²) in [4.78, 5) is 11.4. The summed E-state index contributed by atoms with van der Waals surface area (Å²) in [6.45, 7) is 4.17. The minimum atomic E-state index is -4.52. The van der Waals surface area contributed by atoms with E-state index in [1.54, 1.807) is 4.57 Å². The molecule has 0 spiro atoms. The number of halogens is 3. The van der Waals surface area contributed by atoms with E-state index >= 15 is 0 Å². The molecule has 0 saturated carbocycles. The van der Waals surface area contributed by atoms with Crippen molar-refractivity contribution in [2.75, 3.05) is 5.75 Å². The molecule has 2 aromatic heterocycles. The molecule has 0 aromatic carbocycles. The lowest BCUT2D eigenvalue weighted by molar-refractivity contribution is -0.140. The van der Waals surface area contributed by atoms with E-state index in [0.29, 0.717) is 12.3 Å². The van der Waals surface area contributed by atoms with Crippen molar-refractivity contribution in [3.05, 3.63) is 12.0 Å². The molecule has 98 valence electrons. The molecule has 4 nitrogen and oxygen atoms in total. The average molecular weight is 276 g/mol. The van der Waals surface area contributed by atoms with Gasteiger partial charge in [-0.2, -0.15) is 13.2 Å². The lowest BCUT2D eigenvalue weighted by Crippen LogP contribution is -2.11. The first-order valence-electron chi connectivity index (χ1n) is 5.40. The van der Waals surface area contributed by atoms with Gasteiger partial charge in [0.2, 0.25) is 0 Å². The Morgan fingerprint density at radius 1 is 1.28 bits per heavy atom. The molecule has 0 fully saturated rings. The monoisotopic (exact) mass is 276 g/mol. The Balaban J connectivity index is 2.70. The van der Waals surface area contributed by atoms with Crippen LogP contribution >= 0.6 is 11.8 Å². The molecule has 0 atom stereocenters. The Morgan fingerprint density at radius 3 is 2.56 bits per heavy atom. The minimum Gasteiger partial charge on any atom is -0.315 e. The fourth-order valence-electron chi connectivity index (χ4n) is 1.55. The molecule has 0 saturated heterocycles. The second-order valence-electron chi connectivity index (χ2n) is 3.49. The Bertz CT molecular complexity index is 564. The maximum Gasteiger partial charge on any atom is 0.435 e. The van der Waals surface area contributed by atoms with Gasteiger partial charge in [0.1, 0.15) is 5.52 Å². The number of alkyl halides is 3. The Hall–Kier alpha value is -1.31. The van der Waals surface area contributed by atoms with Gasteiger partial charge in [-0.05, 0) is 12.7 Å². The molecule has 0 aliphatic heterocycles.